The molecule has 1 aromatic heterocycles. The predicted octanol–water partition coefficient (Wildman–Crippen LogP) is 2.51. The Balaban J connectivity index is 1.90. The highest BCUT2D eigenvalue weighted by Gasteiger charge is 2.27. The number of nitrogens with one attached hydrogen (secondary N) is 1. The van der Waals surface area contributed by atoms with Crippen molar-refractivity contribution in [1.29, 1.82) is 0 Å². The van der Waals surface area contributed by atoms with E-state index in [4.69, 9.17) is 4.74 Å². The van der Waals surface area contributed by atoms with Crippen LogP contribution in [0.3, 0.4) is 0 Å². The van der Waals surface area contributed by atoms with Gasteiger partial charge >= 0.3 is 5.97 Å². The largest absolute Gasteiger partial charge is 0.448 e. The Hall–Kier alpha value is -1.89. The summed E-state index contributed by atoms with van der Waals surface area (Å²) in [6, 6.07) is 3.22. The highest BCUT2D eigenvalue weighted by Crippen LogP contribution is 2.23. The van der Waals surface area contributed by atoms with Gasteiger partial charge in [-0.2, -0.15) is 0 Å². The van der Waals surface area contributed by atoms with E-state index < -0.39 is 12.1 Å². The number of anilines is 1. The third kappa shape index (κ3) is 4.79. The van der Waals surface area contributed by atoms with Gasteiger partial charge in [0.25, 0.3) is 5.91 Å². The Labute approximate surface area is 139 Å². The van der Waals surface area contributed by atoms with Crippen molar-refractivity contribution in [2.24, 2.45) is 5.92 Å². The quantitative estimate of drug-likeness (QED) is 0.856. The maximum Gasteiger partial charge on any atom is 0.349 e. The standard InChI is InChI=1S/C16H22N2O4S/c1-10-6-8-18(9-7-10)15(20)11(2)22-16(21)13-4-5-14(23-13)17-12(3)19/h4-5,10-11H,6-9H2,1-3H3,(H,17,19)/t11-/m0/s1. The summed E-state index contributed by atoms with van der Waals surface area (Å²) in [6.07, 6.45) is 1.16. The summed E-state index contributed by atoms with van der Waals surface area (Å²) in [5.41, 5.74) is 0. The van der Waals surface area contributed by atoms with E-state index in [0.29, 0.717) is 28.9 Å². The molecule has 1 aromatic rings. The molecule has 0 unspecified atom stereocenters. The summed E-state index contributed by atoms with van der Waals surface area (Å²) < 4.78 is 5.26. The summed E-state index contributed by atoms with van der Waals surface area (Å²) in [7, 11) is 0. The van der Waals surface area contributed by atoms with Gasteiger partial charge in [-0.1, -0.05) is 6.92 Å². The molecule has 1 fully saturated rings. The topological polar surface area (TPSA) is 75.7 Å². The van der Waals surface area contributed by atoms with Gasteiger partial charge in [0.1, 0.15) is 4.88 Å². The van der Waals surface area contributed by atoms with Crippen molar-refractivity contribution >= 4 is 34.1 Å². The van der Waals surface area contributed by atoms with Crippen LogP contribution >= 0.6 is 11.3 Å². The summed E-state index contributed by atoms with van der Waals surface area (Å²) in [6.45, 7) is 6.61. The van der Waals surface area contributed by atoms with Crippen LogP contribution in [0.1, 0.15) is 43.3 Å². The lowest BCUT2D eigenvalue weighted by Crippen LogP contribution is -2.44. The fraction of sp³-hybridized carbons (Fsp3) is 0.562. The van der Waals surface area contributed by atoms with Crippen LogP contribution in [0.2, 0.25) is 0 Å². The van der Waals surface area contributed by atoms with Gasteiger partial charge in [0.05, 0.1) is 5.00 Å². The number of thiophene rings is 1. The Bertz CT molecular complexity index is 591. The fourth-order valence-corrected chi connectivity index (χ4v) is 3.28. The SMILES string of the molecule is CC(=O)Nc1ccc(C(=O)O[C@@H](C)C(=O)N2CCC(C)CC2)s1. The van der Waals surface area contributed by atoms with E-state index in [1.165, 1.54) is 6.92 Å². The van der Waals surface area contributed by atoms with Crippen molar-refractivity contribution < 1.29 is 19.1 Å². The molecule has 6 nitrogen and oxygen atoms in total. The number of rotatable bonds is 4. The third-order valence-corrected chi connectivity index (χ3v) is 4.81. The molecule has 1 aliphatic rings. The highest BCUT2D eigenvalue weighted by molar-refractivity contribution is 7.18. The third-order valence-electron chi connectivity index (χ3n) is 3.83. The predicted molar refractivity (Wildman–Crippen MR) is 88.5 cm³/mol. The first-order valence-electron chi connectivity index (χ1n) is 7.74. The minimum atomic E-state index is -0.803. The van der Waals surface area contributed by atoms with Gasteiger partial charge < -0.3 is 15.0 Å². The molecule has 1 atom stereocenters. The molecule has 2 heterocycles. The fourth-order valence-electron chi connectivity index (χ4n) is 2.44. The first-order valence-corrected chi connectivity index (χ1v) is 8.55. The number of ether oxygens (including phenoxy) is 1. The van der Waals surface area contributed by atoms with Gasteiger partial charge in [-0.05, 0) is 37.8 Å². The molecule has 1 saturated heterocycles. The molecular weight excluding hydrogens is 316 g/mol. The molecule has 0 spiro atoms. The monoisotopic (exact) mass is 338 g/mol. The molecule has 2 amide bonds. The van der Waals surface area contributed by atoms with Gasteiger partial charge in [-0.3, -0.25) is 9.59 Å². The summed E-state index contributed by atoms with van der Waals surface area (Å²) in [5, 5.41) is 3.19. The van der Waals surface area contributed by atoms with Gasteiger partial charge in [0, 0.05) is 20.0 Å². The van der Waals surface area contributed by atoms with Crippen molar-refractivity contribution in [3.63, 3.8) is 0 Å². The van der Waals surface area contributed by atoms with Crippen LogP contribution in [-0.2, 0) is 14.3 Å². The van der Waals surface area contributed by atoms with Crippen LogP contribution in [-0.4, -0.2) is 41.9 Å². The van der Waals surface area contributed by atoms with E-state index >= 15 is 0 Å². The molecule has 2 rings (SSSR count). The molecule has 0 bridgehead atoms. The van der Waals surface area contributed by atoms with E-state index in [1.54, 1.807) is 24.0 Å². The molecule has 23 heavy (non-hydrogen) atoms. The second kappa shape index (κ2) is 7.59. The Kier molecular flexibility index (Phi) is 5.76. The lowest BCUT2D eigenvalue weighted by Gasteiger charge is -2.31. The van der Waals surface area contributed by atoms with Crippen molar-refractivity contribution in [1.82, 2.24) is 4.90 Å². The van der Waals surface area contributed by atoms with Gasteiger partial charge in [-0.25, -0.2) is 4.79 Å². The van der Waals surface area contributed by atoms with E-state index in [-0.39, 0.29) is 11.8 Å². The molecule has 0 radical (unpaired) electrons. The van der Waals surface area contributed by atoms with Crippen molar-refractivity contribution in [3.05, 3.63) is 17.0 Å². The number of hydrogen-bond acceptors (Lipinski definition) is 5. The second-order valence-corrected chi connectivity index (χ2v) is 6.98. The van der Waals surface area contributed by atoms with Gasteiger partial charge in [0.2, 0.25) is 5.91 Å². The summed E-state index contributed by atoms with van der Waals surface area (Å²) in [5.74, 6) is -0.258. The summed E-state index contributed by atoms with van der Waals surface area (Å²) in [4.78, 5) is 37.5. The van der Waals surface area contributed by atoms with Crippen LogP contribution in [0.5, 0.6) is 0 Å². The maximum absolute atomic E-state index is 12.3. The Morgan fingerprint density at radius 3 is 2.57 bits per heavy atom. The maximum atomic E-state index is 12.3. The number of likely N-dealkylation sites (tertiary alicyclic amines) is 1. The van der Waals surface area contributed by atoms with Crippen LogP contribution < -0.4 is 5.32 Å². The molecule has 126 valence electrons. The first-order chi connectivity index (χ1) is 10.9. The van der Waals surface area contributed by atoms with Gasteiger partial charge in [-0.15, -0.1) is 11.3 Å². The Morgan fingerprint density at radius 2 is 1.96 bits per heavy atom. The zero-order valence-corrected chi connectivity index (χ0v) is 14.4. The van der Waals surface area contributed by atoms with Crippen LogP contribution in [0, 0.1) is 5.92 Å². The molecule has 0 aromatic carbocycles. The second-order valence-electron chi connectivity index (χ2n) is 5.90. The van der Waals surface area contributed by atoms with E-state index in [1.807, 2.05) is 0 Å². The zero-order valence-electron chi connectivity index (χ0n) is 13.6. The highest BCUT2D eigenvalue weighted by atomic mass is 32.1. The molecular formula is C16H22N2O4S. The number of carbonyl (C=O) groups excluding carboxylic acids is 3. The molecule has 0 aliphatic carbocycles. The zero-order chi connectivity index (χ0) is 17.0. The number of nitrogens with zero attached hydrogens (tertiary/aromatic N) is 1. The number of hydrogen-bond donors (Lipinski definition) is 1. The number of carbonyl (C=O) groups is 3. The van der Waals surface area contributed by atoms with Crippen LogP contribution in [0.25, 0.3) is 0 Å². The minimum absolute atomic E-state index is 0.149. The van der Waals surface area contributed by atoms with E-state index in [9.17, 15) is 14.4 Å². The number of esters is 1. The lowest BCUT2D eigenvalue weighted by molar-refractivity contribution is -0.141. The van der Waals surface area contributed by atoms with Gasteiger partial charge in [0.15, 0.2) is 6.10 Å². The normalized spacial score (nSPS) is 16.7. The number of amides is 2. The Morgan fingerprint density at radius 1 is 1.30 bits per heavy atom. The van der Waals surface area contributed by atoms with Crippen molar-refractivity contribution in [3.8, 4) is 0 Å². The lowest BCUT2D eigenvalue weighted by atomic mass is 9.99. The van der Waals surface area contributed by atoms with Crippen LogP contribution in [0.15, 0.2) is 12.1 Å². The minimum Gasteiger partial charge on any atom is -0.448 e. The molecule has 1 aliphatic heterocycles. The average molecular weight is 338 g/mol. The smallest absolute Gasteiger partial charge is 0.349 e. The van der Waals surface area contributed by atoms with Crippen molar-refractivity contribution in [2.45, 2.75) is 39.7 Å². The van der Waals surface area contributed by atoms with Crippen LogP contribution in [0.4, 0.5) is 5.00 Å². The molecule has 7 heteroatoms. The average Bonchev–Trinajstić information content (AvgIpc) is 2.95. The van der Waals surface area contributed by atoms with E-state index in [0.717, 1.165) is 24.2 Å². The van der Waals surface area contributed by atoms with Crippen molar-refractivity contribution in [2.75, 3.05) is 18.4 Å². The van der Waals surface area contributed by atoms with E-state index in [2.05, 4.69) is 12.2 Å². The summed E-state index contributed by atoms with van der Waals surface area (Å²) >= 11 is 1.13. The first kappa shape index (κ1) is 17.5. The number of piperidine rings is 1. The molecule has 1 N–H and O–H groups in total. The molecule has 0 saturated carbocycles.